The van der Waals surface area contributed by atoms with Crippen molar-refractivity contribution in [3.63, 3.8) is 0 Å². The van der Waals surface area contributed by atoms with Gasteiger partial charge in [-0.3, -0.25) is 0 Å². The Kier molecular flexibility index (Phi) is 4.73. The van der Waals surface area contributed by atoms with Crippen LogP contribution in [0.1, 0.15) is 0 Å². The van der Waals surface area contributed by atoms with Gasteiger partial charge in [-0.25, -0.2) is 0 Å². The molecule has 0 aliphatic heterocycles. The van der Waals surface area contributed by atoms with Crippen molar-refractivity contribution in [2.45, 2.75) is 12.6 Å². The Morgan fingerprint density at radius 2 is 1.64 bits per heavy atom. The van der Waals surface area contributed by atoms with Crippen molar-refractivity contribution in [3.05, 3.63) is 48.5 Å². The van der Waals surface area contributed by atoms with Gasteiger partial charge in [0.1, 0.15) is 12.6 Å². The third kappa shape index (κ3) is 2.99. The molecule has 4 heteroatoms. The maximum atomic E-state index is 10.3. The molecule has 0 aliphatic rings. The molecule has 0 unspecified atom stereocenters. The number of hydrogen-bond acceptors (Lipinski definition) is 2. The van der Waals surface area contributed by atoms with E-state index in [1.165, 1.54) is 21.8 Å². The van der Waals surface area contributed by atoms with Crippen LogP contribution < -0.4 is 5.32 Å². The minimum Gasteiger partial charge on any atom is -0.385 e. The van der Waals surface area contributed by atoms with Gasteiger partial charge in [0, 0.05) is 28.9 Å². The number of hydrogen-bond donors (Lipinski definition) is 2. The molecule has 0 fully saturated rings. The fourth-order valence-corrected chi connectivity index (χ4v) is 3.00. The molecule has 3 aromatic rings. The van der Waals surface area contributed by atoms with Gasteiger partial charge in [0.2, 0.25) is 0 Å². The summed E-state index contributed by atoms with van der Waals surface area (Å²) in [7, 11) is 1.70. The second kappa shape index (κ2) is 6.92. The van der Waals surface area contributed by atoms with Gasteiger partial charge in [-0.2, -0.15) is 0 Å². The number of quaternary nitrogens is 1. The van der Waals surface area contributed by atoms with Gasteiger partial charge >= 0.3 is 0 Å². The number of ether oxygens (including phenoxy) is 1. The summed E-state index contributed by atoms with van der Waals surface area (Å²) < 4.78 is 7.25. The third-order valence-electron chi connectivity index (χ3n) is 4.04. The van der Waals surface area contributed by atoms with E-state index in [0.717, 1.165) is 6.54 Å². The highest BCUT2D eigenvalue weighted by atomic mass is 16.5. The van der Waals surface area contributed by atoms with Gasteiger partial charge < -0.3 is 19.7 Å². The van der Waals surface area contributed by atoms with Crippen LogP contribution in [0.4, 0.5) is 0 Å². The van der Waals surface area contributed by atoms with Gasteiger partial charge in [-0.05, 0) is 12.1 Å². The number of aliphatic hydroxyl groups is 1. The summed E-state index contributed by atoms with van der Waals surface area (Å²) in [5.41, 5.74) is 2.36. The molecule has 0 saturated heterocycles. The van der Waals surface area contributed by atoms with Gasteiger partial charge in [-0.15, -0.1) is 0 Å². The van der Waals surface area contributed by atoms with Gasteiger partial charge in [0.25, 0.3) is 0 Å². The lowest BCUT2D eigenvalue weighted by Crippen LogP contribution is -2.87. The van der Waals surface area contributed by atoms with Crippen molar-refractivity contribution in [2.24, 2.45) is 0 Å². The molecule has 0 bridgehead atoms. The van der Waals surface area contributed by atoms with Crippen LogP contribution in [-0.2, 0) is 11.3 Å². The van der Waals surface area contributed by atoms with Crippen molar-refractivity contribution in [1.29, 1.82) is 0 Å². The number of aromatic nitrogens is 1. The number of para-hydroxylation sites is 2. The van der Waals surface area contributed by atoms with Crippen LogP contribution in [0.5, 0.6) is 0 Å². The summed E-state index contributed by atoms with van der Waals surface area (Å²) in [6, 6.07) is 16.8. The van der Waals surface area contributed by atoms with Crippen molar-refractivity contribution in [2.75, 3.05) is 26.8 Å². The van der Waals surface area contributed by atoms with Gasteiger partial charge in [0.15, 0.2) is 0 Å². The highest BCUT2D eigenvalue weighted by molar-refractivity contribution is 6.07. The number of aliphatic hydroxyl groups excluding tert-OH is 1. The SMILES string of the molecule is COCC[NH2+]C[C@H](O)Cn1c2ccccc2c2ccccc21. The van der Waals surface area contributed by atoms with Crippen LogP contribution in [0.3, 0.4) is 0 Å². The molecule has 116 valence electrons. The molecule has 4 nitrogen and oxygen atoms in total. The van der Waals surface area contributed by atoms with E-state index < -0.39 is 0 Å². The Bertz CT molecular complexity index is 698. The normalized spacial score (nSPS) is 13.0. The quantitative estimate of drug-likeness (QED) is 0.647. The summed E-state index contributed by atoms with van der Waals surface area (Å²) in [6.07, 6.45) is -0.379. The monoisotopic (exact) mass is 299 g/mol. The molecule has 3 N–H and O–H groups in total. The average molecular weight is 299 g/mol. The first-order valence-electron chi connectivity index (χ1n) is 7.76. The smallest absolute Gasteiger partial charge is 0.121 e. The van der Waals surface area contributed by atoms with Crippen molar-refractivity contribution < 1.29 is 15.2 Å². The minimum atomic E-state index is -0.379. The summed E-state index contributed by atoms with van der Waals surface area (Å²) in [6.45, 7) is 2.88. The third-order valence-corrected chi connectivity index (χ3v) is 4.04. The largest absolute Gasteiger partial charge is 0.385 e. The first-order valence-corrected chi connectivity index (χ1v) is 7.76. The van der Waals surface area contributed by atoms with Crippen molar-refractivity contribution >= 4 is 21.8 Å². The zero-order valence-corrected chi connectivity index (χ0v) is 12.9. The van der Waals surface area contributed by atoms with Crippen LogP contribution in [0.2, 0.25) is 0 Å². The van der Waals surface area contributed by atoms with Crippen LogP contribution in [-0.4, -0.2) is 42.6 Å². The van der Waals surface area contributed by atoms with E-state index in [-0.39, 0.29) is 6.10 Å². The fourth-order valence-electron chi connectivity index (χ4n) is 3.00. The second-order valence-electron chi connectivity index (χ2n) is 5.60. The molecule has 0 radical (unpaired) electrons. The van der Waals surface area contributed by atoms with E-state index in [9.17, 15) is 5.11 Å². The zero-order chi connectivity index (χ0) is 15.4. The maximum Gasteiger partial charge on any atom is 0.121 e. The lowest BCUT2D eigenvalue weighted by molar-refractivity contribution is -0.662. The van der Waals surface area contributed by atoms with Crippen LogP contribution in [0.15, 0.2) is 48.5 Å². The number of nitrogens with two attached hydrogens (primary N) is 1. The standard InChI is InChI=1S/C18H22N2O2/c1-22-11-10-19-12-14(21)13-20-17-8-4-2-6-15(17)16-7-3-5-9-18(16)20/h2-9,14,19,21H,10-13H2,1H3/p+1/t14-/m0/s1. The number of nitrogens with zero attached hydrogens (tertiary/aromatic N) is 1. The highest BCUT2D eigenvalue weighted by Gasteiger charge is 2.13. The van der Waals surface area contributed by atoms with Gasteiger partial charge in [-0.1, -0.05) is 36.4 Å². The number of methoxy groups -OCH3 is 1. The van der Waals surface area contributed by atoms with E-state index in [2.05, 4.69) is 58.4 Å². The highest BCUT2D eigenvalue weighted by Crippen LogP contribution is 2.28. The summed E-state index contributed by atoms with van der Waals surface area (Å²) in [4.78, 5) is 0. The van der Waals surface area contributed by atoms with E-state index in [0.29, 0.717) is 19.7 Å². The zero-order valence-electron chi connectivity index (χ0n) is 12.9. The topological polar surface area (TPSA) is 51.0 Å². The minimum absolute atomic E-state index is 0.379. The lowest BCUT2D eigenvalue weighted by atomic mass is 10.2. The molecule has 3 rings (SSSR count). The predicted molar refractivity (Wildman–Crippen MR) is 89.0 cm³/mol. The molecule has 1 atom stereocenters. The molecule has 2 aromatic carbocycles. The Hall–Kier alpha value is -1.88. The molecule has 1 heterocycles. The van der Waals surface area contributed by atoms with Crippen molar-refractivity contribution in [1.82, 2.24) is 4.57 Å². The molecule has 0 aliphatic carbocycles. The molecule has 22 heavy (non-hydrogen) atoms. The van der Waals surface area contributed by atoms with E-state index in [1.54, 1.807) is 7.11 Å². The number of fused-ring (bicyclic) bond motifs is 3. The Morgan fingerprint density at radius 1 is 1.05 bits per heavy atom. The fraction of sp³-hybridized carbons (Fsp3) is 0.333. The summed E-state index contributed by atoms with van der Waals surface area (Å²) in [5, 5.41) is 14.9. The van der Waals surface area contributed by atoms with Crippen LogP contribution >= 0.6 is 0 Å². The predicted octanol–water partition coefficient (Wildman–Crippen LogP) is 1.37. The first-order chi connectivity index (χ1) is 10.8. The molecular formula is C18H23N2O2+. The van der Waals surface area contributed by atoms with Crippen molar-refractivity contribution in [3.8, 4) is 0 Å². The number of benzene rings is 2. The van der Waals surface area contributed by atoms with Crippen LogP contribution in [0.25, 0.3) is 21.8 Å². The van der Waals surface area contributed by atoms with E-state index in [1.807, 2.05) is 0 Å². The molecule has 0 saturated carbocycles. The van der Waals surface area contributed by atoms with Crippen LogP contribution in [0, 0.1) is 0 Å². The number of rotatable bonds is 7. The maximum absolute atomic E-state index is 10.3. The molecular weight excluding hydrogens is 276 g/mol. The van der Waals surface area contributed by atoms with E-state index >= 15 is 0 Å². The molecule has 0 amide bonds. The van der Waals surface area contributed by atoms with E-state index in [4.69, 9.17) is 4.74 Å². The summed E-state index contributed by atoms with van der Waals surface area (Å²) >= 11 is 0. The Balaban J connectivity index is 1.85. The Morgan fingerprint density at radius 3 is 2.23 bits per heavy atom. The van der Waals surface area contributed by atoms with Gasteiger partial charge in [0.05, 0.1) is 19.7 Å². The molecule has 1 aromatic heterocycles. The Labute approximate surface area is 130 Å². The second-order valence-corrected chi connectivity index (χ2v) is 5.60. The molecule has 0 spiro atoms. The lowest BCUT2D eigenvalue weighted by Gasteiger charge is -2.13. The first kappa shape index (κ1) is 15.0. The average Bonchev–Trinajstić information content (AvgIpc) is 2.87. The summed E-state index contributed by atoms with van der Waals surface area (Å²) in [5.74, 6) is 0.